The first-order valence-corrected chi connectivity index (χ1v) is 7.65. The molecule has 0 saturated carbocycles. The van der Waals surface area contributed by atoms with Crippen molar-refractivity contribution in [2.24, 2.45) is 0 Å². The fourth-order valence-electron chi connectivity index (χ4n) is 2.21. The van der Waals surface area contributed by atoms with Crippen LogP contribution in [0.1, 0.15) is 44.2 Å². The van der Waals surface area contributed by atoms with Crippen LogP contribution in [0, 0.1) is 13.8 Å². The van der Waals surface area contributed by atoms with Gasteiger partial charge in [-0.2, -0.15) is 0 Å². The van der Waals surface area contributed by atoms with E-state index in [0.29, 0.717) is 19.2 Å². The van der Waals surface area contributed by atoms with E-state index in [-0.39, 0.29) is 0 Å². The Labute approximate surface area is 123 Å². The lowest BCUT2D eigenvalue weighted by molar-refractivity contribution is 0.103. The highest BCUT2D eigenvalue weighted by atomic mass is 16.5. The van der Waals surface area contributed by atoms with Gasteiger partial charge < -0.3 is 15.2 Å². The molecule has 1 aromatic carbocycles. The maximum Gasteiger partial charge on any atom is 0.125 e. The first-order chi connectivity index (χ1) is 9.54. The molecule has 114 valence electrons. The Kier molecular flexibility index (Phi) is 7.63. The summed E-state index contributed by atoms with van der Waals surface area (Å²) < 4.78 is 5.75. The summed E-state index contributed by atoms with van der Waals surface area (Å²) in [4.78, 5) is 0. The topological polar surface area (TPSA) is 41.5 Å². The standard InChI is InChI=1S/C17H29NO2/c1-5-6-10-15(4)18-11-16(19)12-20-17-13(2)8-7-9-14(17)3/h7-9,15-16,18-19H,5-6,10-12H2,1-4H3. The van der Waals surface area contributed by atoms with Crippen LogP contribution in [0.15, 0.2) is 18.2 Å². The summed E-state index contributed by atoms with van der Waals surface area (Å²) in [6.07, 6.45) is 3.12. The number of rotatable bonds is 9. The molecule has 0 bridgehead atoms. The smallest absolute Gasteiger partial charge is 0.125 e. The summed E-state index contributed by atoms with van der Waals surface area (Å²) in [5.74, 6) is 0.894. The van der Waals surface area contributed by atoms with Crippen LogP contribution in [0.25, 0.3) is 0 Å². The van der Waals surface area contributed by atoms with Crippen molar-refractivity contribution in [2.75, 3.05) is 13.2 Å². The van der Waals surface area contributed by atoms with E-state index in [0.717, 1.165) is 23.3 Å². The molecule has 0 heterocycles. The third-order valence-electron chi connectivity index (χ3n) is 3.52. The Morgan fingerprint density at radius 2 is 1.90 bits per heavy atom. The predicted molar refractivity (Wildman–Crippen MR) is 84.4 cm³/mol. The molecule has 0 radical (unpaired) electrons. The summed E-state index contributed by atoms with van der Waals surface area (Å²) in [5, 5.41) is 13.3. The van der Waals surface area contributed by atoms with Gasteiger partial charge in [-0.3, -0.25) is 0 Å². The molecule has 3 nitrogen and oxygen atoms in total. The third kappa shape index (κ3) is 5.93. The van der Waals surface area contributed by atoms with Gasteiger partial charge >= 0.3 is 0 Å². The molecule has 0 aromatic heterocycles. The molecule has 0 aliphatic carbocycles. The molecule has 3 heteroatoms. The first kappa shape index (κ1) is 17.0. The normalized spacial score (nSPS) is 14.1. The lowest BCUT2D eigenvalue weighted by Gasteiger charge is -2.18. The van der Waals surface area contributed by atoms with Crippen LogP contribution in [0.3, 0.4) is 0 Å². The Hall–Kier alpha value is -1.06. The Bertz CT molecular complexity index is 372. The Morgan fingerprint density at radius 1 is 1.25 bits per heavy atom. The second kappa shape index (κ2) is 8.98. The zero-order chi connectivity index (χ0) is 15.0. The van der Waals surface area contributed by atoms with Crippen molar-refractivity contribution in [2.45, 2.75) is 59.1 Å². The van der Waals surface area contributed by atoms with Gasteiger partial charge in [-0.1, -0.05) is 38.0 Å². The van der Waals surface area contributed by atoms with Crippen LogP contribution < -0.4 is 10.1 Å². The van der Waals surface area contributed by atoms with Crippen LogP contribution in [-0.2, 0) is 0 Å². The summed E-state index contributed by atoms with van der Waals surface area (Å²) >= 11 is 0. The molecule has 2 atom stereocenters. The van der Waals surface area contributed by atoms with Crippen LogP contribution in [0.2, 0.25) is 0 Å². The molecule has 20 heavy (non-hydrogen) atoms. The van der Waals surface area contributed by atoms with Crippen molar-refractivity contribution in [3.63, 3.8) is 0 Å². The van der Waals surface area contributed by atoms with Crippen LogP contribution >= 0.6 is 0 Å². The summed E-state index contributed by atoms with van der Waals surface area (Å²) in [6.45, 7) is 9.32. The van der Waals surface area contributed by atoms with Crippen LogP contribution in [0.4, 0.5) is 0 Å². The summed E-state index contributed by atoms with van der Waals surface area (Å²) in [6, 6.07) is 6.52. The number of para-hydroxylation sites is 1. The molecule has 0 aliphatic rings. The van der Waals surface area contributed by atoms with Gasteiger partial charge in [0.2, 0.25) is 0 Å². The average Bonchev–Trinajstić information content (AvgIpc) is 2.42. The molecule has 1 aromatic rings. The molecule has 2 N–H and O–H groups in total. The van der Waals surface area contributed by atoms with Crippen molar-refractivity contribution in [3.8, 4) is 5.75 Å². The molecule has 0 fully saturated rings. The number of ether oxygens (including phenoxy) is 1. The molecule has 2 unspecified atom stereocenters. The minimum absolute atomic E-state index is 0.333. The molecule has 0 aliphatic heterocycles. The van der Waals surface area contributed by atoms with Gasteiger partial charge in [0.25, 0.3) is 0 Å². The van der Waals surface area contributed by atoms with E-state index in [1.54, 1.807) is 0 Å². The highest BCUT2D eigenvalue weighted by Crippen LogP contribution is 2.22. The van der Waals surface area contributed by atoms with Gasteiger partial charge in [0, 0.05) is 12.6 Å². The van der Waals surface area contributed by atoms with Gasteiger partial charge in [-0.05, 0) is 38.3 Å². The number of aliphatic hydroxyl groups is 1. The monoisotopic (exact) mass is 279 g/mol. The second-order valence-corrected chi connectivity index (χ2v) is 5.64. The molecule has 1 rings (SSSR count). The van der Waals surface area contributed by atoms with Gasteiger partial charge in [0.1, 0.15) is 18.5 Å². The van der Waals surface area contributed by atoms with E-state index in [1.165, 1.54) is 12.8 Å². The highest BCUT2D eigenvalue weighted by Gasteiger charge is 2.10. The minimum atomic E-state index is -0.474. The van der Waals surface area contributed by atoms with Gasteiger partial charge in [-0.15, -0.1) is 0 Å². The van der Waals surface area contributed by atoms with Crippen molar-refractivity contribution >= 4 is 0 Å². The van der Waals surface area contributed by atoms with Crippen LogP contribution in [0.5, 0.6) is 5.75 Å². The minimum Gasteiger partial charge on any atom is -0.490 e. The molecular weight excluding hydrogens is 250 g/mol. The number of hydrogen-bond acceptors (Lipinski definition) is 3. The SMILES string of the molecule is CCCCC(C)NCC(O)COc1c(C)cccc1C. The maximum absolute atomic E-state index is 9.98. The fourth-order valence-corrected chi connectivity index (χ4v) is 2.21. The van der Waals surface area contributed by atoms with Crippen LogP contribution in [-0.4, -0.2) is 30.4 Å². The Balaban J connectivity index is 2.31. The van der Waals surface area contributed by atoms with E-state index in [2.05, 4.69) is 19.2 Å². The van der Waals surface area contributed by atoms with E-state index < -0.39 is 6.10 Å². The van der Waals surface area contributed by atoms with Gasteiger partial charge in [0.15, 0.2) is 0 Å². The molecule has 0 spiro atoms. The fraction of sp³-hybridized carbons (Fsp3) is 0.647. The average molecular weight is 279 g/mol. The highest BCUT2D eigenvalue weighted by molar-refractivity contribution is 5.39. The van der Waals surface area contributed by atoms with Gasteiger partial charge in [-0.25, -0.2) is 0 Å². The lowest BCUT2D eigenvalue weighted by Crippen LogP contribution is -2.36. The van der Waals surface area contributed by atoms with Crippen molar-refractivity contribution in [3.05, 3.63) is 29.3 Å². The van der Waals surface area contributed by atoms with Crippen molar-refractivity contribution in [1.29, 1.82) is 0 Å². The number of unbranched alkanes of at least 4 members (excludes halogenated alkanes) is 1. The number of benzene rings is 1. The largest absolute Gasteiger partial charge is 0.490 e. The molecule has 0 saturated heterocycles. The zero-order valence-electron chi connectivity index (χ0n) is 13.3. The van der Waals surface area contributed by atoms with Crippen molar-refractivity contribution in [1.82, 2.24) is 5.32 Å². The third-order valence-corrected chi connectivity index (χ3v) is 3.52. The quantitative estimate of drug-likeness (QED) is 0.729. The van der Waals surface area contributed by atoms with E-state index in [9.17, 15) is 5.11 Å². The maximum atomic E-state index is 9.98. The van der Waals surface area contributed by atoms with Gasteiger partial charge in [0.05, 0.1) is 0 Å². The summed E-state index contributed by atoms with van der Waals surface area (Å²) in [5.41, 5.74) is 2.22. The van der Waals surface area contributed by atoms with E-state index in [4.69, 9.17) is 4.74 Å². The Morgan fingerprint density at radius 3 is 2.50 bits per heavy atom. The number of hydrogen-bond donors (Lipinski definition) is 2. The number of aliphatic hydroxyl groups excluding tert-OH is 1. The number of nitrogens with one attached hydrogen (secondary N) is 1. The zero-order valence-corrected chi connectivity index (χ0v) is 13.3. The lowest BCUT2D eigenvalue weighted by atomic mass is 10.1. The van der Waals surface area contributed by atoms with E-state index in [1.807, 2.05) is 32.0 Å². The van der Waals surface area contributed by atoms with Crippen molar-refractivity contribution < 1.29 is 9.84 Å². The second-order valence-electron chi connectivity index (χ2n) is 5.64. The molecular formula is C17H29NO2. The summed E-state index contributed by atoms with van der Waals surface area (Å²) in [7, 11) is 0. The molecule has 0 amide bonds. The number of aryl methyl sites for hydroxylation is 2. The van der Waals surface area contributed by atoms with E-state index >= 15 is 0 Å². The predicted octanol–water partition coefficient (Wildman–Crippen LogP) is 3.21. The first-order valence-electron chi connectivity index (χ1n) is 7.65.